The van der Waals surface area contributed by atoms with E-state index in [4.69, 9.17) is 4.42 Å². The lowest BCUT2D eigenvalue weighted by molar-refractivity contribution is 0.565. The van der Waals surface area contributed by atoms with Gasteiger partial charge in [-0.05, 0) is 0 Å². The molecule has 0 bridgehead atoms. The number of hydrogen-bond donors (Lipinski definition) is 0. The van der Waals surface area contributed by atoms with Crippen LogP contribution in [0.2, 0.25) is 0 Å². The van der Waals surface area contributed by atoms with Gasteiger partial charge in [-0.1, -0.05) is 20.8 Å². The minimum atomic E-state index is 0.0922. The third-order valence-electron chi connectivity index (χ3n) is 2.16. The first-order chi connectivity index (χ1) is 6.57. The van der Waals surface area contributed by atoms with Gasteiger partial charge < -0.3 is 8.98 Å². The Morgan fingerprint density at radius 1 is 1.36 bits per heavy atom. The Morgan fingerprint density at radius 2 is 2.14 bits per heavy atom. The van der Waals surface area contributed by atoms with Gasteiger partial charge in [0.1, 0.15) is 6.26 Å². The van der Waals surface area contributed by atoms with Crippen LogP contribution in [0.3, 0.4) is 0 Å². The zero-order valence-electron chi connectivity index (χ0n) is 8.69. The Bertz CT molecular complexity index is 407. The summed E-state index contributed by atoms with van der Waals surface area (Å²) in [7, 11) is 0. The molecular weight excluding hydrogens is 176 g/mol. The Labute approximate surface area is 83.4 Å². The average molecular weight is 190 g/mol. The molecule has 0 spiro atoms. The van der Waals surface area contributed by atoms with Crippen LogP contribution in [0.1, 0.15) is 26.5 Å². The van der Waals surface area contributed by atoms with E-state index in [2.05, 4.69) is 25.8 Å². The molecule has 74 valence electrons. The molecule has 0 aliphatic carbocycles. The van der Waals surface area contributed by atoms with Gasteiger partial charge in [0.25, 0.3) is 0 Å². The van der Waals surface area contributed by atoms with Crippen molar-refractivity contribution in [3.8, 4) is 5.69 Å². The molecule has 2 aromatic heterocycles. The zero-order valence-corrected chi connectivity index (χ0v) is 8.69. The average Bonchev–Trinajstić information content (AvgIpc) is 2.73. The summed E-state index contributed by atoms with van der Waals surface area (Å²) in [5.41, 5.74) is 2.18. The van der Waals surface area contributed by atoms with Gasteiger partial charge in [0.15, 0.2) is 0 Å². The molecule has 0 atom stereocenters. The van der Waals surface area contributed by atoms with Crippen LogP contribution in [0, 0.1) is 0 Å². The van der Waals surface area contributed by atoms with E-state index in [1.54, 1.807) is 12.5 Å². The molecule has 0 saturated carbocycles. The Balaban J connectivity index is 2.36. The van der Waals surface area contributed by atoms with Gasteiger partial charge in [-0.15, -0.1) is 0 Å². The van der Waals surface area contributed by atoms with Crippen molar-refractivity contribution >= 4 is 0 Å². The zero-order chi connectivity index (χ0) is 10.2. The summed E-state index contributed by atoms with van der Waals surface area (Å²) in [6, 6.07) is 1.91. The topological polar surface area (TPSA) is 31.0 Å². The lowest BCUT2D eigenvalue weighted by atomic mass is 9.93. The number of hydrogen-bond acceptors (Lipinski definition) is 2. The third-order valence-corrected chi connectivity index (χ3v) is 2.16. The Kier molecular flexibility index (Phi) is 1.95. The summed E-state index contributed by atoms with van der Waals surface area (Å²) in [4.78, 5) is 4.36. The van der Waals surface area contributed by atoms with Gasteiger partial charge in [0, 0.05) is 17.7 Å². The maximum Gasteiger partial charge on any atom is 0.114 e. The molecule has 0 aliphatic heterocycles. The number of imidazole rings is 1. The van der Waals surface area contributed by atoms with Crippen molar-refractivity contribution in [2.45, 2.75) is 26.2 Å². The van der Waals surface area contributed by atoms with Crippen LogP contribution in [-0.2, 0) is 5.41 Å². The summed E-state index contributed by atoms with van der Waals surface area (Å²) in [6.45, 7) is 6.44. The molecule has 14 heavy (non-hydrogen) atoms. The molecule has 0 N–H and O–H groups in total. The van der Waals surface area contributed by atoms with Gasteiger partial charge in [-0.25, -0.2) is 4.98 Å². The van der Waals surface area contributed by atoms with Crippen LogP contribution in [-0.4, -0.2) is 9.55 Å². The fraction of sp³-hybridized carbons (Fsp3) is 0.364. The van der Waals surface area contributed by atoms with Crippen LogP contribution in [0.4, 0.5) is 0 Å². The lowest BCUT2D eigenvalue weighted by Gasteiger charge is -2.13. The molecule has 0 unspecified atom stereocenters. The van der Waals surface area contributed by atoms with Crippen molar-refractivity contribution in [3.63, 3.8) is 0 Å². The predicted octanol–water partition coefficient (Wildman–Crippen LogP) is 2.76. The van der Waals surface area contributed by atoms with Crippen LogP contribution < -0.4 is 0 Å². The summed E-state index contributed by atoms with van der Waals surface area (Å²) >= 11 is 0. The van der Waals surface area contributed by atoms with Crippen molar-refractivity contribution < 1.29 is 4.42 Å². The third kappa shape index (κ3) is 1.58. The van der Waals surface area contributed by atoms with Crippen LogP contribution in [0.25, 0.3) is 5.69 Å². The highest BCUT2D eigenvalue weighted by Crippen LogP contribution is 2.21. The largest absolute Gasteiger partial charge is 0.470 e. The maximum atomic E-state index is 5.02. The van der Waals surface area contributed by atoms with Crippen molar-refractivity contribution in [3.05, 3.63) is 36.8 Å². The molecule has 0 aliphatic rings. The summed E-state index contributed by atoms with van der Waals surface area (Å²) in [6.07, 6.45) is 7.20. The molecule has 0 radical (unpaired) electrons. The highest BCUT2D eigenvalue weighted by Gasteiger charge is 2.16. The monoisotopic (exact) mass is 190 g/mol. The van der Waals surface area contributed by atoms with Crippen molar-refractivity contribution in [2.24, 2.45) is 0 Å². The van der Waals surface area contributed by atoms with E-state index < -0.39 is 0 Å². The Hall–Kier alpha value is -1.51. The van der Waals surface area contributed by atoms with E-state index in [0.717, 1.165) is 11.4 Å². The first-order valence-electron chi connectivity index (χ1n) is 4.64. The minimum Gasteiger partial charge on any atom is -0.470 e. The SMILES string of the molecule is CC(C)(C)c1cn(-c2ccoc2)cn1. The van der Waals surface area contributed by atoms with Crippen LogP contribution in [0.15, 0.2) is 35.5 Å². The minimum absolute atomic E-state index is 0.0922. The summed E-state index contributed by atoms with van der Waals surface area (Å²) in [5.74, 6) is 0. The van der Waals surface area contributed by atoms with E-state index in [-0.39, 0.29) is 5.41 Å². The molecule has 0 fully saturated rings. The first kappa shape index (κ1) is 9.06. The second-order valence-electron chi connectivity index (χ2n) is 4.40. The second-order valence-corrected chi connectivity index (χ2v) is 4.40. The summed E-state index contributed by atoms with van der Waals surface area (Å²) in [5, 5.41) is 0. The van der Waals surface area contributed by atoms with Crippen LogP contribution in [0.5, 0.6) is 0 Å². The quantitative estimate of drug-likeness (QED) is 0.692. The molecule has 2 rings (SSSR count). The highest BCUT2D eigenvalue weighted by molar-refractivity contribution is 5.28. The standard InChI is InChI=1S/C11H14N2O/c1-11(2,3)10-6-13(8-12-10)9-4-5-14-7-9/h4-8H,1-3H3. The molecule has 0 amide bonds. The molecule has 0 saturated heterocycles. The second kappa shape index (κ2) is 3.01. The summed E-state index contributed by atoms with van der Waals surface area (Å²) < 4.78 is 6.98. The maximum absolute atomic E-state index is 5.02. The number of rotatable bonds is 1. The fourth-order valence-corrected chi connectivity index (χ4v) is 1.26. The molecule has 2 heterocycles. The fourth-order valence-electron chi connectivity index (χ4n) is 1.26. The molecule has 0 aromatic carbocycles. The predicted molar refractivity (Wildman–Crippen MR) is 54.5 cm³/mol. The number of aromatic nitrogens is 2. The van der Waals surface area contributed by atoms with Crippen molar-refractivity contribution in [1.82, 2.24) is 9.55 Å². The smallest absolute Gasteiger partial charge is 0.114 e. The van der Waals surface area contributed by atoms with Gasteiger partial charge in [-0.2, -0.15) is 0 Å². The molecular formula is C11H14N2O. The highest BCUT2D eigenvalue weighted by atomic mass is 16.3. The van der Waals surface area contributed by atoms with E-state index >= 15 is 0 Å². The Morgan fingerprint density at radius 3 is 2.64 bits per heavy atom. The number of furan rings is 1. The normalized spacial score (nSPS) is 11.9. The molecule has 2 aromatic rings. The van der Waals surface area contributed by atoms with Crippen LogP contribution >= 0.6 is 0 Å². The van der Waals surface area contributed by atoms with Crippen molar-refractivity contribution in [2.75, 3.05) is 0 Å². The van der Waals surface area contributed by atoms with E-state index in [9.17, 15) is 0 Å². The number of nitrogens with zero attached hydrogens (tertiary/aromatic N) is 2. The van der Waals surface area contributed by atoms with E-state index in [1.165, 1.54) is 0 Å². The van der Waals surface area contributed by atoms with E-state index in [1.807, 2.05) is 23.2 Å². The van der Waals surface area contributed by atoms with Crippen molar-refractivity contribution in [1.29, 1.82) is 0 Å². The van der Waals surface area contributed by atoms with Gasteiger partial charge in [0.05, 0.1) is 24.0 Å². The first-order valence-corrected chi connectivity index (χ1v) is 4.64. The lowest BCUT2D eigenvalue weighted by Crippen LogP contribution is -2.11. The van der Waals surface area contributed by atoms with E-state index in [0.29, 0.717) is 0 Å². The van der Waals surface area contributed by atoms with Gasteiger partial charge in [-0.3, -0.25) is 0 Å². The molecule has 3 heteroatoms. The van der Waals surface area contributed by atoms with Gasteiger partial charge >= 0.3 is 0 Å². The molecule has 3 nitrogen and oxygen atoms in total. The van der Waals surface area contributed by atoms with Gasteiger partial charge in [0.2, 0.25) is 0 Å².